The molecule has 1 aliphatic carbocycles. The van der Waals surface area contributed by atoms with Crippen LogP contribution in [0.5, 0.6) is 5.75 Å². The number of carbonyl (C=O) groups is 1. The molecular weight excluding hydrogens is 306 g/mol. The fraction of sp³-hybridized carbons (Fsp3) is 0.412. The summed E-state index contributed by atoms with van der Waals surface area (Å²) in [6, 6.07) is 5.68. The van der Waals surface area contributed by atoms with Gasteiger partial charge < -0.3 is 9.72 Å². The van der Waals surface area contributed by atoms with Crippen molar-refractivity contribution in [3.05, 3.63) is 18.2 Å². The topological polar surface area (TPSA) is 92.8 Å². The summed E-state index contributed by atoms with van der Waals surface area (Å²) in [6.07, 6.45) is 5.31. The molecule has 1 saturated carbocycles. The Bertz CT molecular complexity index is 899. The average molecular weight is 325 g/mol. The van der Waals surface area contributed by atoms with Crippen LogP contribution in [0.3, 0.4) is 0 Å². The minimum atomic E-state index is -0.00590. The Kier molecular flexibility index (Phi) is 3.76. The van der Waals surface area contributed by atoms with E-state index in [4.69, 9.17) is 4.74 Å². The quantitative estimate of drug-likeness (QED) is 0.772. The largest absolute Gasteiger partial charge is 0.497 e. The molecule has 1 amide bonds. The third-order valence-corrected chi connectivity index (χ3v) is 4.63. The van der Waals surface area contributed by atoms with Crippen molar-refractivity contribution in [3.63, 3.8) is 0 Å². The average Bonchev–Trinajstić information content (AvgIpc) is 2.99. The van der Waals surface area contributed by atoms with E-state index in [0.717, 1.165) is 42.3 Å². The maximum atomic E-state index is 12.3. The van der Waals surface area contributed by atoms with Crippen LogP contribution in [0, 0.1) is 5.92 Å². The Morgan fingerprint density at radius 3 is 2.88 bits per heavy atom. The highest BCUT2D eigenvalue weighted by Gasteiger charge is 2.22. The molecule has 0 saturated heterocycles. The lowest BCUT2D eigenvalue weighted by atomic mass is 9.89. The highest BCUT2D eigenvalue weighted by atomic mass is 16.5. The number of ether oxygens (including phenoxy) is 1. The number of H-pyrrole nitrogens is 1. The van der Waals surface area contributed by atoms with Gasteiger partial charge in [0.25, 0.3) is 5.95 Å². The van der Waals surface area contributed by atoms with Gasteiger partial charge in [-0.3, -0.25) is 10.1 Å². The second kappa shape index (κ2) is 6.07. The lowest BCUT2D eigenvalue weighted by molar-refractivity contribution is -0.120. The number of carbonyl (C=O) groups excluding carboxylic acids is 1. The highest BCUT2D eigenvalue weighted by Crippen LogP contribution is 2.27. The summed E-state index contributed by atoms with van der Waals surface area (Å²) in [4.78, 5) is 19.9. The number of methoxy groups -OCH3 is 1. The van der Waals surface area contributed by atoms with E-state index in [0.29, 0.717) is 11.2 Å². The van der Waals surface area contributed by atoms with Crippen molar-refractivity contribution < 1.29 is 9.53 Å². The lowest BCUT2D eigenvalue weighted by Crippen LogP contribution is -2.25. The zero-order valence-corrected chi connectivity index (χ0v) is 13.5. The third-order valence-electron chi connectivity index (χ3n) is 4.63. The number of hydrogen-bond acceptors (Lipinski definition) is 5. The summed E-state index contributed by atoms with van der Waals surface area (Å²) in [7, 11) is 1.62. The molecule has 1 aliphatic rings. The van der Waals surface area contributed by atoms with Gasteiger partial charge in [-0.1, -0.05) is 19.3 Å². The number of nitrogens with zero attached hydrogens (tertiary/aromatic N) is 3. The minimum absolute atomic E-state index is 0.00590. The summed E-state index contributed by atoms with van der Waals surface area (Å²) in [5.74, 6) is 1.05. The van der Waals surface area contributed by atoms with Crippen molar-refractivity contribution in [3.8, 4) is 5.75 Å². The van der Waals surface area contributed by atoms with Crippen molar-refractivity contribution >= 4 is 33.9 Å². The first kappa shape index (κ1) is 14.9. The second-order valence-corrected chi connectivity index (χ2v) is 6.19. The second-order valence-electron chi connectivity index (χ2n) is 6.19. The molecule has 0 spiro atoms. The summed E-state index contributed by atoms with van der Waals surface area (Å²) < 4.78 is 5.24. The molecular formula is C17H19N5O2. The van der Waals surface area contributed by atoms with Gasteiger partial charge >= 0.3 is 0 Å². The molecule has 124 valence electrons. The Hall–Kier alpha value is -2.70. The zero-order chi connectivity index (χ0) is 16.5. The predicted molar refractivity (Wildman–Crippen MR) is 90.9 cm³/mol. The van der Waals surface area contributed by atoms with E-state index < -0.39 is 0 Å². The number of nitrogens with one attached hydrogen (secondary N) is 2. The van der Waals surface area contributed by atoms with E-state index in [9.17, 15) is 4.79 Å². The van der Waals surface area contributed by atoms with Gasteiger partial charge in [-0.05, 0) is 31.0 Å². The van der Waals surface area contributed by atoms with Crippen LogP contribution in [0.2, 0.25) is 0 Å². The Labute approximate surface area is 138 Å². The predicted octanol–water partition coefficient (Wildman–Crippen LogP) is 3.03. The highest BCUT2D eigenvalue weighted by molar-refractivity contribution is 6.04. The number of hydrogen-bond donors (Lipinski definition) is 2. The molecule has 2 N–H and O–H groups in total. The molecule has 1 fully saturated rings. The number of rotatable bonds is 3. The first-order valence-corrected chi connectivity index (χ1v) is 8.25. The fourth-order valence-electron chi connectivity index (χ4n) is 3.31. The van der Waals surface area contributed by atoms with E-state index >= 15 is 0 Å². The Balaban J connectivity index is 1.63. The molecule has 2 heterocycles. The van der Waals surface area contributed by atoms with Crippen LogP contribution in [-0.2, 0) is 4.79 Å². The Morgan fingerprint density at radius 2 is 2.08 bits per heavy atom. The van der Waals surface area contributed by atoms with Crippen molar-refractivity contribution in [1.82, 2.24) is 20.2 Å². The number of fused-ring (bicyclic) bond motifs is 3. The van der Waals surface area contributed by atoms with Gasteiger partial charge in [0.1, 0.15) is 11.3 Å². The standard InChI is InChI=1S/C17H19N5O2/c1-24-11-7-8-13-12(9-11)14-15(18-13)19-17(22-21-14)20-16(23)10-5-3-2-4-6-10/h7-10H,2-6H2,1H3,(H2,18,19,20,22,23). The molecule has 3 aromatic rings. The van der Waals surface area contributed by atoms with Crippen LogP contribution in [0.15, 0.2) is 18.2 Å². The van der Waals surface area contributed by atoms with E-state index in [1.807, 2.05) is 18.2 Å². The van der Waals surface area contributed by atoms with E-state index in [1.165, 1.54) is 6.42 Å². The van der Waals surface area contributed by atoms with Crippen LogP contribution >= 0.6 is 0 Å². The number of aromatic amines is 1. The first-order chi connectivity index (χ1) is 11.7. The van der Waals surface area contributed by atoms with Crippen LogP contribution in [0.1, 0.15) is 32.1 Å². The van der Waals surface area contributed by atoms with E-state index in [1.54, 1.807) is 7.11 Å². The molecule has 7 nitrogen and oxygen atoms in total. The summed E-state index contributed by atoms with van der Waals surface area (Å²) in [6.45, 7) is 0. The van der Waals surface area contributed by atoms with E-state index in [-0.39, 0.29) is 17.8 Å². The van der Waals surface area contributed by atoms with Crippen LogP contribution in [-0.4, -0.2) is 33.2 Å². The fourth-order valence-corrected chi connectivity index (χ4v) is 3.31. The Morgan fingerprint density at radius 1 is 1.25 bits per heavy atom. The maximum absolute atomic E-state index is 12.3. The smallest absolute Gasteiger partial charge is 0.251 e. The summed E-state index contributed by atoms with van der Waals surface area (Å²) >= 11 is 0. The molecule has 2 aromatic heterocycles. The normalized spacial score (nSPS) is 15.7. The van der Waals surface area contributed by atoms with Gasteiger partial charge in [0, 0.05) is 16.8 Å². The van der Waals surface area contributed by atoms with Gasteiger partial charge in [0.05, 0.1) is 7.11 Å². The molecule has 7 heteroatoms. The zero-order valence-electron chi connectivity index (χ0n) is 13.5. The maximum Gasteiger partial charge on any atom is 0.251 e. The first-order valence-electron chi connectivity index (χ1n) is 8.25. The molecule has 24 heavy (non-hydrogen) atoms. The monoisotopic (exact) mass is 325 g/mol. The number of aromatic nitrogens is 4. The van der Waals surface area contributed by atoms with Crippen molar-refractivity contribution in [1.29, 1.82) is 0 Å². The van der Waals surface area contributed by atoms with Gasteiger partial charge in [0.2, 0.25) is 5.91 Å². The number of anilines is 1. The van der Waals surface area contributed by atoms with Gasteiger partial charge in [-0.2, -0.15) is 4.98 Å². The number of amides is 1. The van der Waals surface area contributed by atoms with Crippen molar-refractivity contribution in [2.75, 3.05) is 12.4 Å². The lowest BCUT2D eigenvalue weighted by Gasteiger charge is -2.19. The SMILES string of the molecule is COc1ccc2[nH]c3nc(NC(=O)C4CCCCC4)nnc3c2c1. The van der Waals surface area contributed by atoms with Crippen molar-refractivity contribution in [2.24, 2.45) is 5.92 Å². The molecule has 0 bridgehead atoms. The van der Waals surface area contributed by atoms with Crippen LogP contribution < -0.4 is 10.1 Å². The minimum Gasteiger partial charge on any atom is -0.497 e. The molecule has 0 aliphatic heterocycles. The number of benzene rings is 1. The van der Waals surface area contributed by atoms with Gasteiger partial charge in [-0.15, -0.1) is 10.2 Å². The van der Waals surface area contributed by atoms with Gasteiger partial charge in [-0.25, -0.2) is 0 Å². The summed E-state index contributed by atoms with van der Waals surface area (Å²) in [5.41, 5.74) is 2.18. The van der Waals surface area contributed by atoms with Crippen LogP contribution in [0.25, 0.3) is 22.1 Å². The third kappa shape index (κ3) is 2.66. The molecule has 0 unspecified atom stereocenters. The van der Waals surface area contributed by atoms with E-state index in [2.05, 4.69) is 25.5 Å². The molecule has 4 rings (SSSR count). The van der Waals surface area contributed by atoms with Crippen LogP contribution in [0.4, 0.5) is 5.95 Å². The molecule has 0 atom stereocenters. The molecule has 0 radical (unpaired) electrons. The van der Waals surface area contributed by atoms with Gasteiger partial charge in [0.15, 0.2) is 5.65 Å². The van der Waals surface area contributed by atoms with Crippen molar-refractivity contribution in [2.45, 2.75) is 32.1 Å². The molecule has 1 aromatic carbocycles. The summed E-state index contributed by atoms with van der Waals surface area (Å²) in [5, 5.41) is 12.0.